The third kappa shape index (κ3) is 3.47. The molecule has 0 spiro atoms. The SMILES string of the molecule is O=Cc1cscc1CSSCc1cscc1C=O. The van der Waals surface area contributed by atoms with Crippen molar-refractivity contribution in [1.82, 2.24) is 0 Å². The van der Waals surface area contributed by atoms with Crippen molar-refractivity contribution in [1.29, 1.82) is 0 Å². The molecule has 2 heterocycles. The van der Waals surface area contributed by atoms with E-state index in [-0.39, 0.29) is 0 Å². The molecule has 0 N–H and O–H groups in total. The number of hydrogen-bond acceptors (Lipinski definition) is 6. The Hall–Kier alpha value is -0.560. The fourth-order valence-electron chi connectivity index (χ4n) is 1.32. The molecule has 2 aromatic rings. The summed E-state index contributed by atoms with van der Waals surface area (Å²) in [6, 6.07) is 0. The molecule has 2 aromatic heterocycles. The van der Waals surface area contributed by atoms with Crippen molar-refractivity contribution in [2.75, 3.05) is 0 Å². The van der Waals surface area contributed by atoms with E-state index in [0.717, 1.165) is 46.3 Å². The summed E-state index contributed by atoms with van der Waals surface area (Å²) in [4.78, 5) is 21.5. The maximum Gasteiger partial charge on any atom is 0.151 e. The lowest BCUT2D eigenvalue weighted by molar-refractivity contribution is 0.111. The fourth-order valence-corrected chi connectivity index (χ4v) is 5.32. The van der Waals surface area contributed by atoms with Crippen LogP contribution >= 0.6 is 44.3 Å². The highest BCUT2D eigenvalue weighted by atomic mass is 33.1. The number of thiophene rings is 2. The van der Waals surface area contributed by atoms with Crippen molar-refractivity contribution in [3.8, 4) is 0 Å². The van der Waals surface area contributed by atoms with Gasteiger partial charge in [0, 0.05) is 33.4 Å². The molecule has 0 saturated heterocycles. The van der Waals surface area contributed by atoms with Crippen LogP contribution < -0.4 is 0 Å². The zero-order chi connectivity index (χ0) is 12.8. The Balaban J connectivity index is 1.80. The van der Waals surface area contributed by atoms with Crippen molar-refractivity contribution in [2.24, 2.45) is 0 Å². The fraction of sp³-hybridized carbons (Fsp3) is 0.167. The van der Waals surface area contributed by atoms with Crippen molar-refractivity contribution in [3.63, 3.8) is 0 Å². The third-order valence-electron chi connectivity index (χ3n) is 2.32. The molecule has 94 valence electrons. The van der Waals surface area contributed by atoms with Crippen LogP contribution in [0.15, 0.2) is 21.5 Å². The van der Waals surface area contributed by atoms with Crippen LogP contribution in [0.1, 0.15) is 31.8 Å². The summed E-state index contributed by atoms with van der Waals surface area (Å²) in [6.45, 7) is 0. The third-order valence-corrected chi connectivity index (χ3v) is 6.17. The van der Waals surface area contributed by atoms with Gasteiger partial charge in [-0.1, -0.05) is 21.6 Å². The molecule has 0 radical (unpaired) electrons. The van der Waals surface area contributed by atoms with E-state index in [2.05, 4.69) is 0 Å². The highest BCUT2D eigenvalue weighted by molar-refractivity contribution is 8.76. The Morgan fingerprint density at radius 3 is 1.67 bits per heavy atom. The largest absolute Gasteiger partial charge is 0.298 e. The van der Waals surface area contributed by atoms with E-state index in [4.69, 9.17) is 0 Å². The average molecular weight is 314 g/mol. The maximum absolute atomic E-state index is 10.7. The van der Waals surface area contributed by atoms with Gasteiger partial charge in [0.1, 0.15) is 0 Å². The van der Waals surface area contributed by atoms with Crippen LogP contribution in [-0.2, 0) is 11.5 Å². The van der Waals surface area contributed by atoms with Crippen molar-refractivity contribution in [2.45, 2.75) is 11.5 Å². The first kappa shape index (κ1) is 13.9. The van der Waals surface area contributed by atoms with Gasteiger partial charge in [-0.15, -0.1) is 0 Å². The van der Waals surface area contributed by atoms with Crippen LogP contribution in [0.3, 0.4) is 0 Å². The van der Waals surface area contributed by atoms with Gasteiger partial charge in [0.05, 0.1) is 0 Å². The summed E-state index contributed by atoms with van der Waals surface area (Å²) in [6.07, 6.45) is 1.81. The molecule has 0 amide bonds. The monoisotopic (exact) mass is 314 g/mol. The summed E-state index contributed by atoms with van der Waals surface area (Å²) in [5, 5.41) is 7.77. The molecular weight excluding hydrogens is 304 g/mol. The predicted molar refractivity (Wildman–Crippen MR) is 82.0 cm³/mol. The minimum atomic E-state index is 0.789. The van der Waals surface area contributed by atoms with Crippen LogP contribution in [0.25, 0.3) is 0 Å². The molecule has 0 bridgehead atoms. The van der Waals surface area contributed by atoms with Gasteiger partial charge < -0.3 is 0 Å². The zero-order valence-corrected chi connectivity index (χ0v) is 12.6. The number of rotatable bonds is 7. The molecule has 0 aliphatic carbocycles. The number of aldehydes is 2. The second-order valence-corrected chi connectivity index (χ2v) is 7.41. The lowest BCUT2D eigenvalue weighted by atomic mass is 10.2. The lowest BCUT2D eigenvalue weighted by Crippen LogP contribution is -1.84. The molecule has 6 heteroatoms. The highest BCUT2D eigenvalue weighted by Gasteiger charge is 2.05. The van der Waals surface area contributed by atoms with E-state index >= 15 is 0 Å². The van der Waals surface area contributed by atoms with Crippen LogP contribution in [0.2, 0.25) is 0 Å². The van der Waals surface area contributed by atoms with E-state index in [1.807, 2.05) is 21.5 Å². The lowest BCUT2D eigenvalue weighted by Gasteiger charge is -2.00. The molecule has 0 aromatic carbocycles. The molecule has 0 fully saturated rings. The Bertz CT molecular complexity index is 481. The van der Waals surface area contributed by atoms with Crippen molar-refractivity contribution >= 4 is 56.8 Å². The average Bonchev–Trinajstić information content (AvgIpc) is 3.02. The summed E-state index contributed by atoms with van der Waals surface area (Å²) in [5.41, 5.74) is 3.76. The first-order chi connectivity index (χ1) is 8.85. The van der Waals surface area contributed by atoms with Gasteiger partial charge in [0.15, 0.2) is 12.6 Å². The second kappa shape index (κ2) is 7.13. The molecular formula is C12H10O2S4. The Labute approximate surface area is 121 Å². The van der Waals surface area contributed by atoms with E-state index in [1.165, 1.54) is 0 Å². The van der Waals surface area contributed by atoms with E-state index in [9.17, 15) is 9.59 Å². The van der Waals surface area contributed by atoms with Crippen LogP contribution in [0.5, 0.6) is 0 Å². The second-order valence-electron chi connectivity index (χ2n) is 3.46. The van der Waals surface area contributed by atoms with Crippen molar-refractivity contribution < 1.29 is 9.59 Å². The van der Waals surface area contributed by atoms with Gasteiger partial charge in [-0.25, -0.2) is 0 Å². The summed E-state index contributed by atoms with van der Waals surface area (Å²) in [7, 11) is 3.42. The standard InChI is InChI=1S/C12H10O2S4/c13-1-9-3-15-5-11(9)7-17-18-8-12-6-16-4-10(12)2-14/h1-6H,7-8H2. The first-order valence-corrected chi connectivity index (χ1v) is 9.47. The smallest absolute Gasteiger partial charge is 0.151 e. The van der Waals surface area contributed by atoms with Crippen LogP contribution in [-0.4, -0.2) is 12.6 Å². The summed E-state index contributed by atoms with van der Waals surface area (Å²) in [5.74, 6) is 1.64. The normalized spacial score (nSPS) is 10.4. The molecule has 2 nitrogen and oxygen atoms in total. The molecule has 0 unspecified atom stereocenters. The van der Waals surface area contributed by atoms with E-state index in [0.29, 0.717) is 0 Å². The van der Waals surface area contributed by atoms with Gasteiger partial charge in [0.2, 0.25) is 0 Å². The molecule has 0 saturated carbocycles. The number of carbonyl (C=O) groups is 2. The minimum Gasteiger partial charge on any atom is -0.298 e. The Morgan fingerprint density at radius 2 is 1.28 bits per heavy atom. The molecule has 0 aliphatic rings. The predicted octanol–water partition coefficient (Wildman–Crippen LogP) is 4.52. The topological polar surface area (TPSA) is 34.1 Å². The highest BCUT2D eigenvalue weighted by Crippen LogP contribution is 2.32. The number of hydrogen-bond donors (Lipinski definition) is 0. The van der Waals surface area contributed by atoms with Crippen LogP contribution in [0, 0.1) is 0 Å². The first-order valence-electron chi connectivity index (χ1n) is 5.10. The van der Waals surface area contributed by atoms with Gasteiger partial charge in [-0.05, 0) is 21.9 Å². The molecule has 0 aliphatic heterocycles. The molecule has 0 atom stereocenters. The van der Waals surface area contributed by atoms with Gasteiger partial charge in [0.25, 0.3) is 0 Å². The van der Waals surface area contributed by atoms with Crippen molar-refractivity contribution in [3.05, 3.63) is 43.8 Å². The van der Waals surface area contributed by atoms with E-state index < -0.39 is 0 Å². The minimum absolute atomic E-state index is 0.789. The zero-order valence-electron chi connectivity index (χ0n) is 9.33. The molecule has 18 heavy (non-hydrogen) atoms. The summed E-state index contributed by atoms with van der Waals surface area (Å²) >= 11 is 3.11. The Kier molecular flexibility index (Phi) is 5.49. The quantitative estimate of drug-likeness (QED) is 0.427. The number of carbonyl (C=O) groups excluding carboxylic acids is 2. The van der Waals surface area contributed by atoms with Gasteiger partial charge in [-0.3, -0.25) is 9.59 Å². The summed E-state index contributed by atoms with van der Waals surface area (Å²) < 4.78 is 0. The Morgan fingerprint density at radius 1 is 0.833 bits per heavy atom. The van der Waals surface area contributed by atoms with Crippen LogP contribution in [0.4, 0.5) is 0 Å². The maximum atomic E-state index is 10.7. The van der Waals surface area contributed by atoms with Gasteiger partial charge >= 0.3 is 0 Å². The van der Waals surface area contributed by atoms with Gasteiger partial charge in [-0.2, -0.15) is 22.7 Å². The van der Waals surface area contributed by atoms with E-state index in [1.54, 1.807) is 44.3 Å². The molecule has 2 rings (SSSR count).